The number of aromatic nitrogens is 1. The summed E-state index contributed by atoms with van der Waals surface area (Å²) in [6, 6.07) is 3.75. The van der Waals surface area contributed by atoms with E-state index in [9.17, 15) is 4.79 Å². The van der Waals surface area contributed by atoms with Crippen molar-refractivity contribution in [3.63, 3.8) is 0 Å². The number of piperidine rings is 1. The molecule has 124 valence electrons. The lowest BCUT2D eigenvalue weighted by Gasteiger charge is -2.37. The molecule has 1 spiro atoms. The predicted molar refractivity (Wildman–Crippen MR) is 85.5 cm³/mol. The second-order valence-corrected chi connectivity index (χ2v) is 6.47. The van der Waals surface area contributed by atoms with Crippen LogP contribution in [0.25, 0.3) is 0 Å². The van der Waals surface area contributed by atoms with Gasteiger partial charge in [-0.15, -0.1) is 0 Å². The molecule has 0 aliphatic carbocycles. The van der Waals surface area contributed by atoms with Gasteiger partial charge in [0.15, 0.2) is 5.79 Å². The summed E-state index contributed by atoms with van der Waals surface area (Å²) in [7, 11) is 0. The molecule has 1 aromatic heterocycles. The first-order chi connectivity index (χ1) is 11.3. The Morgan fingerprint density at radius 1 is 1.09 bits per heavy atom. The lowest BCUT2D eigenvalue weighted by Crippen LogP contribution is -2.47. The summed E-state index contributed by atoms with van der Waals surface area (Å²) in [4.78, 5) is 21.6. The van der Waals surface area contributed by atoms with Crippen molar-refractivity contribution in [1.82, 2.24) is 9.88 Å². The molecule has 6 heteroatoms. The molecule has 0 aromatic carbocycles. The average molecular weight is 317 g/mol. The molecule has 23 heavy (non-hydrogen) atoms. The van der Waals surface area contributed by atoms with E-state index >= 15 is 0 Å². The number of anilines is 1. The van der Waals surface area contributed by atoms with Crippen LogP contribution in [0, 0.1) is 0 Å². The minimum Gasteiger partial charge on any atom is -0.356 e. The third-order valence-electron chi connectivity index (χ3n) is 5.05. The van der Waals surface area contributed by atoms with Crippen LogP contribution in [-0.2, 0) is 9.47 Å². The first kappa shape index (κ1) is 14.9. The third-order valence-corrected chi connectivity index (χ3v) is 5.05. The molecule has 4 heterocycles. The Labute approximate surface area is 136 Å². The van der Waals surface area contributed by atoms with E-state index in [1.54, 1.807) is 6.20 Å². The lowest BCUT2D eigenvalue weighted by atomic mass is 10.0. The van der Waals surface area contributed by atoms with Crippen LogP contribution in [-0.4, -0.2) is 61.0 Å². The molecular weight excluding hydrogens is 294 g/mol. The van der Waals surface area contributed by atoms with Gasteiger partial charge in [-0.3, -0.25) is 4.79 Å². The second kappa shape index (κ2) is 6.09. The zero-order valence-electron chi connectivity index (χ0n) is 13.4. The first-order valence-electron chi connectivity index (χ1n) is 8.55. The number of hydrogen-bond donors (Lipinski definition) is 0. The van der Waals surface area contributed by atoms with Crippen LogP contribution in [0.15, 0.2) is 18.3 Å². The molecule has 0 atom stereocenters. The van der Waals surface area contributed by atoms with Crippen LogP contribution in [0.5, 0.6) is 0 Å². The Balaban J connectivity index is 1.49. The number of amides is 1. The molecule has 1 aromatic rings. The summed E-state index contributed by atoms with van der Waals surface area (Å²) in [5.74, 6) is 0.472. The zero-order valence-corrected chi connectivity index (χ0v) is 13.4. The minimum atomic E-state index is -0.441. The first-order valence-corrected chi connectivity index (χ1v) is 8.55. The van der Waals surface area contributed by atoms with Crippen LogP contribution in [0.1, 0.15) is 36.0 Å². The highest BCUT2D eigenvalue weighted by atomic mass is 16.7. The number of likely N-dealkylation sites (tertiary alicyclic amines) is 1. The summed E-state index contributed by atoms with van der Waals surface area (Å²) in [5.41, 5.74) is 0.721. The summed E-state index contributed by atoms with van der Waals surface area (Å²) < 4.78 is 11.5. The number of pyridine rings is 1. The van der Waals surface area contributed by atoms with E-state index in [-0.39, 0.29) is 5.91 Å². The molecule has 3 saturated heterocycles. The molecule has 0 radical (unpaired) electrons. The lowest BCUT2D eigenvalue weighted by molar-refractivity contribution is -0.181. The van der Waals surface area contributed by atoms with E-state index in [2.05, 4.69) is 9.88 Å². The highest BCUT2D eigenvalue weighted by Gasteiger charge is 2.41. The van der Waals surface area contributed by atoms with E-state index in [1.165, 1.54) is 12.8 Å². The van der Waals surface area contributed by atoms with E-state index in [1.807, 2.05) is 17.0 Å². The molecular formula is C17H23N3O3. The van der Waals surface area contributed by atoms with Gasteiger partial charge in [0.1, 0.15) is 5.82 Å². The van der Waals surface area contributed by atoms with Crippen LogP contribution in [0.3, 0.4) is 0 Å². The van der Waals surface area contributed by atoms with Crippen LogP contribution >= 0.6 is 0 Å². The van der Waals surface area contributed by atoms with E-state index in [0.29, 0.717) is 26.3 Å². The van der Waals surface area contributed by atoms with Crippen molar-refractivity contribution in [3.05, 3.63) is 23.9 Å². The van der Waals surface area contributed by atoms with Gasteiger partial charge in [-0.1, -0.05) is 0 Å². The number of ether oxygens (including phenoxy) is 2. The molecule has 1 amide bonds. The van der Waals surface area contributed by atoms with Crippen molar-refractivity contribution < 1.29 is 14.3 Å². The number of nitrogens with zero attached hydrogens (tertiary/aromatic N) is 3. The maximum atomic E-state index is 13.0. The summed E-state index contributed by atoms with van der Waals surface area (Å²) in [6.45, 7) is 4.65. The van der Waals surface area contributed by atoms with Crippen molar-refractivity contribution >= 4 is 11.7 Å². The third kappa shape index (κ3) is 2.81. The Hall–Kier alpha value is -1.66. The van der Waals surface area contributed by atoms with Gasteiger partial charge in [-0.2, -0.15) is 0 Å². The van der Waals surface area contributed by atoms with Crippen molar-refractivity contribution in [2.75, 3.05) is 44.3 Å². The van der Waals surface area contributed by atoms with Crippen LogP contribution < -0.4 is 4.90 Å². The monoisotopic (exact) mass is 317 g/mol. The van der Waals surface area contributed by atoms with Gasteiger partial charge >= 0.3 is 0 Å². The number of carbonyl (C=O) groups excluding carboxylic acids is 1. The summed E-state index contributed by atoms with van der Waals surface area (Å²) in [5, 5.41) is 0. The van der Waals surface area contributed by atoms with Crippen molar-refractivity contribution in [2.45, 2.75) is 31.5 Å². The molecule has 0 saturated carbocycles. The number of rotatable bonds is 2. The van der Waals surface area contributed by atoms with Crippen molar-refractivity contribution in [2.24, 2.45) is 0 Å². The van der Waals surface area contributed by atoms with Gasteiger partial charge in [0, 0.05) is 45.2 Å². The van der Waals surface area contributed by atoms with Crippen molar-refractivity contribution in [3.8, 4) is 0 Å². The Morgan fingerprint density at radius 2 is 1.78 bits per heavy atom. The molecule has 0 unspecified atom stereocenters. The zero-order chi connectivity index (χ0) is 15.7. The Bertz CT molecular complexity index is 570. The SMILES string of the molecule is O=C(c1cccnc1N1CCCC1)N1CCC2(CC1)OCCO2. The second-order valence-electron chi connectivity index (χ2n) is 6.47. The molecule has 6 nitrogen and oxygen atoms in total. The van der Waals surface area contributed by atoms with Crippen LogP contribution in [0.2, 0.25) is 0 Å². The maximum absolute atomic E-state index is 13.0. The molecule has 3 aliphatic heterocycles. The van der Waals surface area contributed by atoms with Crippen LogP contribution in [0.4, 0.5) is 5.82 Å². The molecule has 3 fully saturated rings. The van der Waals surface area contributed by atoms with Gasteiger partial charge in [0.05, 0.1) is 18.8 Å². The average Bonchev–Trinajstić information content (AvgIpc) is 3.27. The fourth-order valence-electron chi connectivity index (χ4n) is 3.75. The quantitative estimate of drug-likeness (QED) is 0.830. The smallest absolute Gasteiger partial charge is 0.257 e. The van der Waals surface area contributed by atoms with Gasteiger partial charge < -0.3 is 19.3 Å². The fraction of sp³-hybridized carbons (Fsp3) is 0.647. The normalized spacial score (nSPS) is 23.7. The Morgan fingerprint density at radius 3 is 2.48 bits per heavy atom. The molecule has 0 N–H and O–H groups in total. The van der Waals surface area contributed by atoms with Gasteiger partial charge in [-0.05, 0) is 25.0 Å². The highest BCUT2D eigenvalue weighted by Crippen LogP contribution is 2.32. The van der Waals surface area contributed by atoms with Gasteiger partial charge in [-0.25, -0.2) is 4.98 Å². The predicted octanol–water partition coefficient (Wildman–Crippen LogP) is 1.66. The van der Waals surface area contributed by atoms with E-state index in [4.69, 9.17) is 9.47 Å². The molecule has 4 rings (SSSR count). The summed E-state index contributed by atoms with van der Waals surface area (Å²) in [6.07, 6.45) is 5.61. The Kier molecular flexibility index (Phi) is 3.95. The topological polar surface area (TPSA) is 54.9 Å². The van der Waals surface area contributed by atoms with Crippen molar-refractivity contribution in [1.29, 1.82) is 0 Å². The summed E-state index contributed by atoms with van der Waals surface area (Å²) >= 11 is 0. The standard InChI is InChI=1S/C17H23N3O3/c21-16(20-10-5-17(6-11-20)22-12-13-23-17)14-4-3-7-18-15(14)19-8-1-2-9-19/h3-4,7H,1-2,5-6,8-13H2. The largest absolute Gasteiger partial charge is 0.356 e. The van der Waals surface area contributed by atoms with E-state index < -0.39 is 5.79 Å². The van der Waals surface area contributed by atoms with Gasteiger partial charge in [0.25, 0.3) is 5.91 Å². The number of hydrogen-bond acceptors (Lipinski definition) is 5. The molecule has 0 bridgehead atoms. The highest BCUT2D eigenvalue weighted by molar-refractivity contribution is 5.99. The number of carbonyl (C=O) groups is 1. The van der Waals surface area contributed by atoms with Gasteiger partial charge in [0.2, 0.25) is 0 Å². The van der Waals surface area contributed by atoms with E-state index in [0.717, 1.165) is 37.3 Å². The molecule has 3 aliphatic rings. The maximum Gasteiger partial charge on any atom is 0.257 e. The fourth-order valence-corrected chi connectivity index (χ4v) is 3.75. The minimum absolute atomic E-state index is 0.0767.